The summed E-state index contributed by atoms with van der Waals surface area (Å²) in [4.78, 5) is 8.33. The molecule has 0 fully saturated rings. The molecule has 0 unspecified atom stereocenters. The van der Waals surface area contributed by atoms with Gasteiger partial charge in [-0.1, -0.05) is 0 Å². The third-order valence-electron chi connectivity index (χ3n) is 3.43. The summed E-state index contributed by atoms with van der Waals surface area (Å²) >= 11 is 3.07. The molecule has 3 aromatic rings. The summed E-state index contributed by atoms with van der Waals surface area (Å²) < 4.78 is 24.9. The van der Waals surface area contributed by atoms with Gasteiger partial charge in [0.2, 0.25) is 0 Å². The Morgan fingerprint density at radius 1 is 1.08 bits per heavy atom. The molecule has 1 aromatic heterocycles. The van der Waals surface area contributed by atoms with Crippen molar-refractivity contribution >= 4 is 50.7 Å². The van der Waals surface area contributed by atoms with Crippen LogP contribution < -0.4 is 14.8 Å². The lowest BCUT2D eigenvalue weighted by Gasteiger charge is -2.13. The highest BCUT2D eigenvalue weighted by molar-refractivity contribution is 9.10. The molecule has 7 nitrogen and oxygen atoms in total. The average Bonchev–Trinajstić information content (AvgIpc) is 2.58. The van der Waals surface area contributed by atoms with E-state index in [1.807, 2.05) is 0 Å². The van der Waals surface area contributed by atoms with Crippen LogP contribution in [0.4, 0.5) is 15.9 Å². The van der Waals surface area contributed by atoms with E-state index in [9.17, 15) is 9.50 Å². The zero-order valence-corrected chi connectivity index (χ0v) is 16.1. The van der Waals surface area contributed by atoms with Gasteiger partial charge in [-0.15, -0.1) is 12.4 Å². The van der Waals surface area contributed by atoms with Crippen LogP contribution in [0.25, 0.3) is 10.9 Å². The Morgan fingerprint density at radius 3 is 2.38 bits per heavy atom. The number of halogens is 3. The summed E-state index contributed by atoms with van der Waals surface area (Å²) in [5.74, 6) is 0.786. The van der Waals surface area contributed by atoms with E-state index < -0.39 is 5.82 Å². The maximum atomic E-state index is 14.1. The largest absolute Gasteiger partial charge is 0.507 e. The first-order valence-electron chi connectivity index (χ1n) is 6.85. The molecule has 0 aliphatic rings. The van der Waals surface area contributed by atoms with Gasteiger partial charge in [0.15, 0.2) is 11.5 Å². The summed E-state index contributed by atoms with van der Waals surface area (Å²) in [6.45, 7) is 0. The van der Waals surface area contributed by atoms with E-state index in [2.05, 4.69) is 31.2 Å². The average molecular weight is 449 g/mol. The second-order valence-electron chi connectivity index (χ2n) is 4.86. The predicted octanol–water partition coefficient (Wildman–Crippen LogP) is 3.59. The highest BCUT2D eigenvalue weighted by Crippen LogP contribution is 2.36. The number of methoxy groups -OCH3 is 2. The van der Waals surface area contributed by atoms with Crippen molar-refractivity contribution in [3.8, 4) is 17.2 Å². The maximum absolute atomic E-state index is 14.1. The predicted molar refractivity (Wildman–Crippen MR) is 103 cm³/mol. The summed E-state index contributed by atoms with van der Waals surface area (Å²) in [7, 11) is 3.05. The van der Waals surface area contributed by atoms with Crippen molar-refractivity contribution in [1.29, 1.82) is 0 Å². The molecule has 26 heavy (non-hydrogen) atoms. The Balaban J connectivity index is 0.00000169. The monoisotopic (exact) mass is 447 g/mol. The molecule has 2 aromatic carbocycles. The zero-order valence-electron chi connectivity index (χ0n) is 13.7. The fraction of sp³-hybridized carbons (Fsp3) is 0.125. The van der Waals surface area contributed by atoms with E-state index in [0.29, 0.717) is 28.2 Å². The van der Waals surface area contributed by atoms with Crippen LogP contribution in [0.15, 0.2) is 35.1 Å². The standard InChI is InChI=1S/C16H13BrFN3O3.ClH.H2O/c1-23-14-3-8-11(6-15(14)24-2)19-7-20-16(8)21-12-5-13(22)9(17)4-10(12)18;;/h3-7,22H,1-2H3,(H,19,20,21);1H;1H2. The molecular weight excluding hydrogens is 433 g/mol. The van der Waals surface area contributed by atoms with Crippen LogP contribution in [-0.4, -0.2) is 34.8 Å². The van der Waals surface area contributed by atoms with Crippen molar-refractivity contribution < 1.29 is 24.4 Å². The first-order valence-corrected chi connectivity index (χ1v) is 7.64. The van der Waals surface area contributed by atoms with Gasteiger partial charge < -0.3 is 25.4 Å². The van der Waals surface area contributed by atoms with E-state index in [4.69, 9.17) is 9.47 Å². The molecular formula is C16H16BrClFN3O4. The minimum absolute atomic E-state index is 0. The quantitative estimate of drug-likeness (QED) is 0.631. The second-order valence-corrected chi connectivity index (χ2v) is 5.71. The third-order valence-corrected chi connectivity index (χ3v) is 4.07. The molecule has 0 radical (unpaired) electrons. The summed E-state index contributed by atoms with van der Waals surface area (Å²) in [5.41, 5.74) is 0.692. The number of aromatic hydroxyl groups is 1. The van der Waals surface area contributed by atoms with Crippen LogP contribution in [0.1, 0.15) is 0 Å². The lowest BCUT2D eigenvalue weighted by atomic mass is 10.2. The smallest absolute Gasteiger partial charge is 0.162 e. The molecule has 140 valence electrons. The van der Waals surface area contributed by atoms with Crippen LogP contribution in [0.5, 0.6) is 17.2 Å². The Kier molecular flexibility index (Phi) is 7.37. The Labute approximate surface area is 163 Å². The molecule has 0 spiro atoms. The highest BCUT2D eigenvalue weighted by Gasteiger charge is 2.13. The van der Waals surface area contributed by atoms with Gasteiger partial charge in [0.1, 0.15) is 23.7 Å². The van der Waals surface area contributed by atoms with Crippen molar-refractivity contribution in [3.63, 3.8) is 0 Å². The second kappa shape index (κ2) is 8.84. The number of anilines is 2. The van der Waals surface area contributed by atoms with Crippen molar-refractivity contribution in [2.75, 3.05) is 19.5 Å². The number of nitrogens with one attached hydrogen (secondary N) is 1. The number of nitrogens with zero attached hydrogens (tertiary/aromatic N) is 2. The van der Waals surface area contributed by atoms with E-state index in [0.717, 1.165) is 0 Å². The van der Waals surface area contributed by atoms with Gasteiger partial charge in [-0.3, -0.25) is 0 Å². The van der Waals surface area contributed by atoms with Crippen molar-refractivity contribution in [3.05, 3.63) is 40.9 Å². The number of phenols is 1. The first kappa shape index (κ1) is 21.7. The summed E-state index contributed by atoms with van der Waals surface area (Å²) in [6.07, 6.45) is 1.35. The van der Waals surface area contributed by atoms with Crippen LogP contribution >= 0.6 is 28.3 Å². The lowest BCUT2D eigenvalue weighted by Crippen LogP contribution is -1.99. The number of aromatic nitrogens is 2. The minimum atomic E-state index is -0.535. The molecule has 4 N–H and O–H groups in total. The van der Waals surface area contributed by atoms with E-state index in [1.165, 1.54) is 32.7 Å². The molecule has 0 bridgehead atoms. The van der Waals surface area contributed by atoms with E-state index in [1.54, 1.807) is 12.1 Å². The van der Waals surface area contributed by atoms with Gasteiger partial charge in [0, 0.05) is 17.5 Å². The van der Waals surface area contributed by atoms with Gasteiger partial charge in [0.25, 0.3) is 0 Å². The normalized spacial score (nSPS) is 9.85. The Bertz CT molecular complexity index is 930. The number of ether oxygens (including phenoxy) is 2. The number of hydrogen-bond acceptors (Lipinski definition) is 6. The number of rotatable bonds is 4. The van der Waals surface area contributed by atoms with Gasteiger partial charge in [-0.2, -0.15) is 0 Å². The van der Waals surface area contributed by atoms with Crippen molar-refractivity contribution in [2.45, 2.75) is 0 Å². The molecule has 0 aliphatic heterocycles. The van der Waals surface area contributed by atoms with Gasteiger partial charge in [-0.05, 0) is 28.1 Å². The van der Waals surface area contributed by atoms with Gasteiger partial charge in [0.05, 0.1) is 29.9 Å². The molecule has 10 heteroatoms. The Morgan fingerprint density at radius 2 is 1.73 bits per heavy atom. The number of hydrogen-bond donors (Lipinski definition) is 2. The van der Waals surface area contributed by atoms with Crippen LogP contribution in [0.3, 0.4) is 0 Å². The molecule has 0 amide bonds. The summed E-state index contributed by atoms with van der Waals surface area (Å²) in [5, 5.41) is 13.2. The fourth-order valence-electron chi connectivity index (χ4n) is 2.24. The molecule has 0 saturated heterocycles. The van der Waals surface area contributed by atoms with Crippen LogP contribution in [0.2, 0.25) is 0 Å². The van der Waals surface area contributed by atoms with Gasteiger partial charge >= 0.3 is 0 Å². The molecule has 0 aliphatic carbocycles. The third kappa shape index (κ3) is 4.06. The SMILES string of the molecule is COc1cc2ncnc(Nc3cc(O)c(Br)cc3F)c2cc1OC.Cl.O. The molecule has 0 atom stereocenters. The summed E-state index contributed by atoms with van der Waals surface area (Å²) in [6, 6.07) is 5.85. The van der Waals surface area contributed by atoms with E-state index >= 15 is 0 Å². The minimum Gasteiger partial charge on any atom is -0.507 e. The van der Waals surface area contributed by atoms with Crippen molar-refractivity contribution in [1.82, 2.24) is 9.97 Å². The number of phenolic OH excluding ortho intramolecular Hbond substituents is 1. The number of fused-ring (bicyclic) bond motifs is 1. The first-order chi connectivity index (χ1) is 11.5. The highest BCUT2D eigenvalue weighted by atomic mass is 79.9. The lowest BCUT2D eigenvalue weighted by molar-refractivity contribution is 0.356. The number of benzene rings is 2. The molecule has 1 heterocycles. The molecule has 3 rings (SSSR count). The molecule has 0 saturated carbocycles. The van der Waals surface area contributed by atoms with Gasteiger partial charge in [-0.25, -0.2) is 14.4 Å². The van der Waals surface area contributed by atoms with E-state index in [-0.39, 0.29) is 33.8 Å². The van der Waals surface area contributed by atoms with Crippen LogP contribution in [0, 0.1) is 5.82 Å². The fourth-order valence-corrected chi connectivity index (χ4v) is 2.56. The maximum Gasteiger partial charge on any atom is 0.162 e. The zero-order chi connectivity index (χ0) is 17.3. The topological polar surface area (TPSA) is 108 Å². The van der Waals surface area contributed by atoms with Crippen LogP contribution in [-0.2, 0) is 0 Å². The van der Waals surface area contributed by atoms with Crippen molar-refractivity contribution in [2.24, 2.45) is 0 Å². The Hall–Kier alpha value is -2.36.